The molecular weight excluding hydrogens is 208 g/mol. The molecule has 0 aliphatic heterocycles. The third-order valence-electron chi connectivity index (χ3n) is 2.92. The molecular formula is C13H19F2N. The van der Waals surface area contributed by atoms with E-state index in [2.05, 4.69) is 19.2 Å². The number of rotatable bonds is 5. The predicted molar refractivity (Wildman–Crippen MR) is 62.3 cm³/mol. The maximum Gasteiger partial charge on any atom is 0.162 e. The average molecular weight is 227 g/mol. The van der Waals surface area contributed by atoms with Crippen molar-refractivity contribution in [1.29, 1.82) is 0 Å². The molecule has 0 aliphatic carbocycles. The molecule has 90 valence electrons. The van der Waals surface area contributed by atoms with E-state index in [4.69, 9.17) is 0 Å². The number of benzene rings is 1. The van der Waals surface area contributed by atoms with E-state index in [1.807, 2.05) is 7.05 Å². The summed E-state index contributed by atoms with van der Waals surface area (Å²) in [6.45, 7) is 5.01. The van der Waals surface area contributed by atoms with Crippen LogP contribution in [0.15, 0.2) is 18.2 Å². The van der Waals surface area contributed by atoms with Crippen molar-refractivity contribution in [2.45, 2.75) is 20.3 Å². The van der Waals surface area contributed by atoms with Gasteiger partial charge in [0.2, 0.25) is 0 Å². The zero-order chi connectivity index (χ0) is 12.1. The lowest BCUT2D eigenvalue weighted by Crippen LogP contribution is -2.25. The van der Waals surface area contributed by atoms with E-state index >= 15 is 0 Å². The largest absolute Gasteiger partial charge is 0.319 e. The molecule has 1 rings (SSSR count). The van der Waals surface area contributed by atoms with Crippen molar-refractivity contribution in [2.75, 3.05) is 13.6 Å². The molecule has 1 aromatic carbocycles. The van der Waals surface area contributed by atoms with Gasteiger partial charge in [0.1, 0.15) is 0 Å². The highest BCUT2D eigenvalue weighted by molar-refractivity contribution is 5.19. The Morgan fingerprint density at radius 2 is 1.94 bits per heavy atom. The van der Waals surface area contributed by atoms with Gasteiger partial charge in [-0.05, 0) is 43.5 Å². The van der Waals surface area contributed by atoms with Crippen molar-refractivity contribution < 1.29 is 8.78 Å². The van der Waals surface area contributed by atoms with Crippen molar-refractivity contribution in [3.8, 4) is 0 Å². The minimum Gasteiger partial charge on any atom is -0.319 e. The fourth-order valence-corrected chi connectivity index (χ4v) is 1.79. The fourth-order valence-electron chi connectivity index (χ4n) is 1.79. The first-order valence-corrected chi connectivity index (χ1v) is 5.63. The smallest absolute Gasteiger partial charge is 0.162 e. The van der Waals surface area contributed by atoms with Crippen LogP contribution in [0.4, 0.5) is 8.78 Å². The normalized spacial score (nSPS) is 13.1. The van der Waals surface area contributed by atoms with Crippen molar-refractivity contribution in [1.82, 2.24) is 5.32 Å². The van der Waals surface area contributed by atoms with Gasteiger partial charge in [0.25, 0.3) is 0 Å². The predicted octanol–water partition coefficient (Wildman–Crippen LogP) is 3.00. The minimum atomic E-state index is -0.760. The van der Waals surface area contributed by atoms with Gasteiger partial charge in [-0.3, -0.25) is 0 Å². The van der Waals surface area contributed by atoms with Crippen molar-refractivity contribution in [3.05, 3.63) is 35.4 Å². The van der Waals surface area contributed by atoms with E-state index in [0.717, 1.165) is 12.6 Å². The van der Waals surface area contributed by atoms with E-state index in [-0.39, 0.29) is 0 Å². The Hall–Kier alpha value is -0.960. The highest BCUT2D eigenvalue weighted by Crippen LogP contribution is 2.20. The second-order valence-electron chi connectivity index (χ2n) is 4.48. The van der Waals surface area contributed by atoms with Crippen molar-refractivity contribution >= 4 is 0 Å². The molecule has 0 spiro atoms. The molecule has 0 radical (unpaired) electrons. The Morgan fingerprint density at radius 3 is 2.50 bits per heavy atom. The zero-order valence-electron chi connectivity index (χ0n) is 10.1. The van der Waals surface area contributed by atoms with Crippen LogP contribution in [0.2, 0.25) is 0 Å². The summed E-state index contributed by atoms with van der Waals surface area (Å²) in [5.74, 6) is -0.704. The molecule has 1 N–H and O–H groups in total. The molecule has 0 bridgehead atoms. The highest BCUT2D eigenvalue weighted by Gasteiger charge is 2.16. The van der Waals surface area contributed by atoms with Crippen LogP contribution >= 0.6 is 0 Å². The van der Waals surface area contributed by atoms with Crippen LogP contribution in [-0.2, 0) is 6.42 Å². The summed E-state index contributed by atoms with van der Waals surface area (Å²) < 4.78 is 26.5. The van der Waals surface area contributed by atoms with Crippen LogP contribution in [0.3, 0.4) is 0 Å². The Morgan fingerprint density at radius 1 is 1.25 bits per heavy atom. The molecule has 0 saturated carbocycles. The van der Waals surface area contributed by atoms with Gasteiger partial charge < -0.3 is 5.32 Å². The molecule has 0 amide bonds. The third-order valence-corrected chi connectivity index (χ3v) is 2.92. The van der Waals surface area contributed by atoms with Crippen molar-refractivity contribution in [2.24, 2.45) is 11.8 Å². The van der Waals surface area contributed by atoms with Gasteiger partial charge in [-0.1, -0.05) is 26.0 Å². The summed E-state index contributed by atoms with van der Waals surface area (Å²) >= 11 is 0. The first-order valence-electron chi connectivity index (χ1n) is 5.63. The lowest BCUT2D eigenvalue weighted by Gasteiger charge is -2.20. The summed E-state index contributed by atoms with van der Waals surface area (Å²) in [7, 11) is 1.87. The molecule has 16 heavy (non-hydrogen) atoms. The molecule has 1 atom stereocenters. The van der Waals surface area contributed by atoms with Crippen LogP contribution in [0, 0.1) is 23.5 Å². The molecule has 0 fully saturated rings. The van der Waals surface area contributed by atoms with Gasteiger partial charge in [0.05, 0.1) is 0 Å². The number of hydrogen-bond donors (Lipinski definition) is 1. The van der Waals surface area contributed by atoms with E-state index in [0.29, 0.717) is 23.8 Å². The zero-order valence-corrected chi connectivity index (χ0v) is 10.1. The topological polar surface area (TPSA) is 12.0 Å². The van der Waals surface area contributed by atoms with Crippen LogP contribution in [-0.4, -0.2) is 13.6 Å². The summed E-state index contributed by atoms with van der Waals surface area (Å²) in [5.41, 5.74) is 0.467. The Bertz CT molecular complexity index is 337. The monoisotopic (exact) mass is 227 g/mol. The number of halogens is 2. The molecule has 1 nitrogen and oxygen atoms in total. The molecule has 0 saturated heterocycles. The van der Waals surface area contributed by atoms with Crippen LogP contribution in [0.25, 0.3) is 0 Å². The Balaban J connectivity index is 2.81. The van der Waals surface area contributed by atoms with Crippen LogP contribution < -0.4 is 5.32 Å². The fraction of sp³-hybridized carbons (Fsp3) is 0.538. The van der Waals surface area contributed by atoms with Crippen LogP contribution in [0.1, 0.15) is 19.4 Å². The maximum absolute atomic E-state index is 13.5. The molecule has 1 aromatic rings. The first kappa shape index (κ1) is 13.1. The molecule has 1 unspecified atom stereocenters. The Labute approximate surface area is 95.9 Å². The molecule has 3 heteroatoms. The quantitative estimate of drug-likeness (QED) is 0.815. The number of nitrogens with one attached hydrogen (secondary N) is 1. The van der Waals surface area contributed by atoms with Crippen molar-refractivity contribution in [3.63, 3.8) is 0 Å². The summed E-state index contributed by atoms with van der Waals surface area (Å²) in [4.78, 5) is 0. The highest BCUT2D eigenvalue weighted by atomic mass is 19.2. The van der Waals surface area contributed by atoms with Gasteiger partial charge in [-0.25, -0.2) is 8.78 Å². The van der Waals surface area contributed by atoms with Gasteiger partial charge >= 0.3 is 0 Å². The SMILES string of the molecule is CNCC(Cc1cccc(F)c1F)C(C)C. The second kappa shape index (κ2) is 5.94. The van der Waals surface area contributed by atoms with Gasteiger partial charge in [0, 0.05) is 0 Å². The van der Waals surface area contributed by atoms with Gasteiger partial charge in [-0.2, -0.15) is 0 Å². The lowest BCUT2D eigenvalue weighted by molar-refractivity contribution is 0.363. The first-order chi connectivity index (χ1) is 7.56. The third kappa shape index (κ3) is 3.27. The van der Waals surface area contributed by atoms with E-state index in [1.165, 1.54) is 0 Å². The maximum atomic E-state index is 13.5. The number of hydrogen-bond acceptors (Lipinski definition) is 1. The lowest BCUT2D eigenvalue weighted by atomic mass is 9.89. The standard InChI is InChI=1S/C13H19F2N/c1-9(2)11(8-16-3)7-10-5-4-6-12(14)13(10)15/h4-6,9,11,16H,7-8H2,1-3H3. The molecule has 0 aliphatic rings. The summed E-state index contributed by atoms with van der Waals surface area (Å²) in [6.07, 6.45) is 0.572. The summed E-state index contributed by atoms with van der Waals surface area (Å²) in [6, 6.07) is 4.37. The van der Waals surface area contributed by atoms with Gasteiger partial charge in [-0.15, -0.1) is 0 Å². The van der Waals surface area contributed by atoms with Gasteiger partial charge in [0.15, 0.2) is 11.6 Å². The average Bonchev–Trinajstić information content (AvgIpc) is 2.23. The summed E-state index contributed by atoms with van der Waals surface area (Å²) in [5, 5.41) is 3.09. The van der Waals surface area contributed by atoms with E-state index in [9.17, 15) is 8.78 Å². The van der Waals surface area contributed by atoms with E-state index < -0.39 is 11.6 Å². The van der Waals surface area contributed by atoms with E-state index in [1.54, 1.807) is 12.1 Å². The van der Waals surface area contributed by atoms with Crippen LogP contribution in [0.5, 0.6) is 0 Å². The minimum absolute atomic E-state index is 0.321. The molecule has 0 aromatic heterocycles. The second-order valence-corrected chi connectivity index (χ2v) is 4.48. The molecule has 0 heterocycles. The Kier molecular flexibility index (Phi) is 4.87.